The van der Waals surface area contributed by atoms with Crippen molar-refractivity contribution in [2.75, 3.05) is 17.2 Å². The molecule has 0 aliphatic heterocycles. The van der Waals surface area contributed by atoms with Crippen LogP contribution in [0.1, 0.15) is 0 Å². The maximum Gasteiger partial charge on any atom is 0.405 e. The van der Waals surface area contributed by atoms with Crippen LogP contribution in [0.25, 0.3) is 11.2 Å². The Morgan fingerprint density at radius 1 is 1.09 bits per heavy atom. The first-order valence-corrected chi connectivity index (χ1v) is 6.35. The van der Waals surface area contributed by atoms with Gasteiger partial charge < -0.3 is 15.6 Å². The Morgan fingerprint density at radius 3 is 2.59 bits per heavy atom. The van der Waals surface area contributed by atoms with E-state index in [-0.39, 0.29) is 17.4 Å². The summed E-state index contributed by atoms with van der Waals surface area (Å²) in [6.45, 7) is -1.19. The second kappa shape index (κ2) is 5.51. The van der Waals surface area contributed by atoms with Crippen molar-refractivity contribution in [3.8, 4) is 0 Å². The molecule has 0 unspecified atom stereocenters. The number of para-hydroxylation sites is 1. The smallest absolute Gasteiger partial charge is 0.359 e. The van der Waals surface area contributed by atoms with E-state index < -0.39 is 12.7 Å². The number of aromatic nitrogens is 4. The predicted molar refractivity (Wildman–Crippen MR) is 76.0 cm³/mol. The number of anilines is 3. The number of alkyl halides is 3. The van der Waals surface area contributed by atoms with Crippen LogP contribution < -0.4 is 10.6 Å². The van der Waals surface area contributed by atoms with Gasteiger partial charge in [-0.2, -0.15) is 23.1 Å². The van der Waals surface area contributed by atoms with Crippen molar-refractivity contribution < 1.29 is 13.2 Å². The van der Waals surface area contributed by atoms with E-state index in [1.165, 1.54) is 6.33 Å². The van der Waals surface area contributed by atoms with Crippen molar-refractivity contribution >= 4 is 28.6 Å². The summed E-state index contributed by atoms with van der Waals surface area (Å²) in [5, 5.41) is 5.18. The molecule has 0 saturated heterocycles. The molecule has 0 amide bonds. The highest BCUT2D eigenvalue weighted by Crippen LogP contribution is 2.23. The number of rotatable bonds is 4. The van der Waals surface area contributed by atoms with E-state index in [4.69, 9.17) is 0 Å². The molecule has 0 spiro atoms. The molecule has 0 bridgehead atoms. The van der Waals surface area contributed by atoms with Crippen molar-refractivity contribution in [3.05, 3.63) is 36.7 Å². The summed E-state index contributed by atoms with van der Waals surface area (Å²) in [7, 11) is 0. The summed E-state index contributed by atoms with van der Waals surface area (Å²) in [6.07, 6.45) is -2.99. The van der Waals surface area contributed by atoms with Crippen molar-refractivity contribution in [1.82, 2.24) is 19.9 Å². The zero-order valence-corrected chi connectivity index (χ0v) is 11.1. The van der Waals surface area contributed by atoms with E-state index in [1.54, 1.807) is 12.1 Å². The predicted octanol–water partition coefficient (Wildman–Crippen LogP) is 3.07. The van der Waals surface area contributed by atoms with Crippen LogP contribution in [0.5, 0.6) is 0 Å². The molecule has 0 aliphatic rings. The van der Waals surface area contributed by atoms with Gasteiger partial charge in [0.15, 0.2) is 11.5 Å². The molecule has 3 aromatic rings. The number of imidazole rings is 1. The van der Waals surface area contributed by atoms with Crippen LogP contribution in [0.2, 0.25) is 0 Å². The summed E-state index contributed by atoms with van der Waals surface area (Å²) >= 11 is 0. The average Bonchev–Trinajstić information content (AvgIpc) is 2.93. The van der Waals surface area contributed by atoms with Gasteiger partial charge in [0, 0.05) is 5.69 Å². The molecule has 2 heterocycles. The highest BCUT2D eigenvalue weighted by Gasteiger charge is 2.27. The number of nitrogens with zero attached hydrogens (tertiary/aromatic N) is 3. The van der Waals surface area contributed by atoms with Crippen LogP contribution in [0.4, 0.5) is 30.6 Å². The molecule has 9 heteroatoms. The average molecular weight is 308 g/mol. The lowest BCUT2D eigenvalue weighted by atomic mass is 10.3. The fourth-order valence-electron chi connectivity index (χ4n) is 1.85. The number of hydrogen-bond donors (Lipinski definition) is 3. The zero-order chi connectivity index (χ0) is 15.6. The first kappa shape index (κ1) is 14.1. The fraction of sp³-hybridized carbons (Fsp3) is 0.154. The highest BCUT2D eigenvalue weighted by atomic mass is 19.4. The van der Waals surface area contributed by atoms with Gasteiger partial charge in [-0.3, -0.25) is 0 Å². The number of H-pyrrole nitrogens is 1. The molecule has 2 aromatic heterocycles. The van der Waals surface area contributed by atoms with Crippen molar-refractivity contribution in [1.29, 1.82) is 0 Å². The summed E-state index contributed by atoms with van der Waals surface area (Å²) in [5.74, 6) is 0.203. The van der Waals surface area contributed by atoms with Gasteiger partial charge in [0.05, 0.1) is 6.33 Å². The van der Waals surface area contributed by atoms with Gasteiger partial charge in [0.1, 0.15) is 12.1 Å². The number of benzene rings is 1. The summed E-state index contributed by atoms with van der Waals surface area (Å²) in [4.78, 5) is 14.9. The van der Waals surface area contributed by atoms with Crippen LogP contribution in [-0.4, -0.2) is 32.7 Å². The highest BCUT2D eigenvalue weighted by molar-refractivity contribution is 5.84. The number of aromatic amines is 1. The van der Waals surface area contributed by atoms with Gasteiger partial charge in [-0.25, -0.2) is 4.98 Å². The third-order valence-corrected chi connectivity index (χ3v) is 2.77. The summed E-state index contributed by atoms with van der Waals surface area (Å²) < 4.78 is 37.1. The third-order valence-electron chi connectivity index (χ3n) is 2.77. The molecule has 1 aromatic carbocycles. The normalized spacial score (nSPS) is 11.6. The van der Waals surface area contributed by atoms with E-state index in [1.807, 2.05) is 18.2 Å². The number of halogens is 3. The van der Waals surface area contributed by atoms with Crippen LogP contribution in [0.15, 0.2) is 36.7 Å². The molecule has 6 nitrogen and oxygen atoms in total. The second-order valence-corrected chi connectivity index (χ2v) is 4.46. The Balaban J connectivity index is 1.91. The quantitative estimate of drug-likeness (QED) is 0.690. The molecule has 0 aliphatic carbocycles. The number of hydrogen-bond acceptors (Lipinski definition) is 5. The Kier molecular flexibility index (Phi) is 3.53. The van der Waals surface area contributed by atoms with Crippen molar-refractivity contribution in [2.45, 2.75) is 6.18 Å². The Labute approximate surface area is 122 Å². The largest absolute Gasteiger partial charge is 0.405 e. The lowest BCUT2D eigenvalue weighted by Crippen LogP contribution is -2.22. The minimum atomic E-state index is -4.34. The lowest BCUT2D eigenvalue weighted by Gasteiger charge is -2.11. The zero-order valence-electron chi connectivity index (χ0n) is 11.1. The maximum absolute atomic E-state index is 12.4. The molecular weight excluding hydrogens is 297 g/mol. The summed E-state index contributed by atoms with van der Waals surface area (Å²) in [6, 6.07) is 9.07. The van der Waals surface area contributed by atoms with Crippen LogP contribution >= 0.6 is 0 Å². The minimum Gasteiger partial charge on any atom is -0.359 e. The van der Waals surface area contributed by atoms with E-state index in [9.17, 15) is 13.2 Å². The molecule has 0 atom stereocenters. The maximum atomic E-state index is 12.4. The topological polar surface area (TPSA) is 78.5 Å². The van der Waals surface area contributed by atoms with E-state index in [2.05, 4.69) is 30.6 Å². The number of nitrogens with one attached hydrogen (secondary N) is 3. The van der Waals surface area contributed by atoms with Gasteiger partial charge in [0.25, 0.3) is 0 Å². The fourth-order valence-corrected chi connectivity index (χ4v) is 1.85. The van der Waals surface area contributed by atoms with Crippen molar-refractivity contribution in [2.24, 2.45) is 0 Å². The van der Waals surface area contributed by atoms with E-state index in [0.717, 1.165) is 5.69 Å². The van der Waals surface area contributed by atoms with E-state index in [0.29, 0.717) is 5.52 Å². The molecule has 3 N–H and O–H groups in total. The number of fused-ring (bicyclic) bond motifs is 1. The van der Waals surface area contributed by atoms with Crippen LogP contribution in [0.3, 0.4) is 0 Å². The molecule has 22 heavy (non-hydrogen) atoms. The van der Waals surface area contributed by atoms with Crippen molar-refractivity contribution in [3.63, 3.8) is 0 Å². The third kappa shape index (κ3) is 3.25. The lowest BCUT2D eigenvalue weighted by molar-refractivity contribution is -0.115. The molecular formula is C13H11F3N6. The molecule has 3 rings (SSSR count). The molecule has 0 radical (unpaired) electrons. The molecule has 114 valence electrons. The van der Waals surface area contributed by atoms with E-state index >= 15 is 0 Å². The Bertz CT molecular complexity index is 768. The standard InChI is InChI=1S/C13H11F3N6/c14-13(15,16)6-17-10-9-11(19-7-18-9)22-12(21-10)20-8-4-2-1-3-5-8/h1-5,7H,6H2,(H3,17,18,19,20,21,22). The minimum absolute atomic E-state index is 0.0401. The van der Waals surface area contributed by atoms with Gasteiger partial charge in [-0.15, -0.1) is 0 Å². The van der Waals surface area contributed by atoms with Crippen LogP contribution in [0, 0.1) is 0 Å². The van der Waals surface area contributed by atoms with Gasteiger partial charge in [-0.1, -0.05) is 18.2 Å². The van der Waals surface area contributed by atoms with Gasteiger partial charge in [0.2, 0.25) is 5.95 Å². The second-order valence-electron chi connectivity index (χ2n) is 4.46. The monoisotopic (exact) mass is 308 g/mol. The van der Waals surface area contributed by atoms with Crippen LogP contribution in [-0.2, 0) is 0 Å². The SMILES string of the molecule is FC(F)(F)CNc1nc(Nc2ccccc2)nc2nc[nH]c12. The first-order valence-electron chi connectivity index (χ1n) is 6.35. The van der Waals surface area contributed by atoms with Gasteiger partial charge >= 0.3 is 6.18 Å². The van der Waals surface area contributed by atoms with Gasteiger partial charge in [-0.05, 0) is 12.1 Å². The Hall–Kier alpha value is -2.84. The Morgan fingerprint density at radius 2 is 1.86 bits per heavy atom. The molecule has 0 saturated carbocycles. The first-order chi connectivity index (χ1) is 10.5. The molecule has 0 fully saturated rings. The summed E-state index contributed by atoms with van der Waals surface area (Å²) in [5.41, 5.74) is 1.32.